The Labute approximate surface area is 163 Å². The highest BCUT2D eigenvalue weighted by molar-refractivity contribution is 5.59. The second-order valence-electron chi connectivity index (χ2n) is 5.85. The number of benzene rings is 3. The van der Waals surface area contributed by atoms with Crippen molar-refractivity contribution in [3.63, 3.8) is 0 Å². The number of nitriles is 2. The lowest BCUT2D eigenvalue weighted by atomic mass is 10.1. The lowest BCUT2D eigenvalue weighted by Gasteiger charge is -2.11. The average molecular weight is 364 g/mol. The van der Waals surface area contributed by atoms with Gasteiger partial charge in [-0.1, -0.05) is 31.4 Å². The maximum Gasteiger partial charge on any atom is 0.131 e. The average Bonchev–Trinajstić information content (AvgIpc) is 2.73. The molecule has 0 bridgehead atoms. The molecule has 0 aliphatic carbocycles. The van der Waals surface area contributed by atoms with Crippen LogP contribution >= 0.6 is 0 Å². The van der Waals surface area contributed by atoms with E-state index in [-0.39, 0.29) is 5.56 Å². The van der Waals surface area contributed by atoms with Crippen LogP contribution < -0.4 is 9.47 Å². The molecular formula is C24H16N2O2. The summed E-state index contributed by atoms with van der Waals surface area (Å²) in [5.41, 5.74) is 2.44. The summed E-state index contributed by atoms with van der Waals surface area (Å²) < 4.78 is 11.8. The molecule has 0 atom stereocenters. The predicted molar refractivity (Wildman–Crippen MR) is 109 cm³/mol. The highest BCUT2D eigenvalue weighted by atomic mass is 16.5. The molecule has 0 N–H and O–H groups in total. The standard InChI is InChI=1S/C24H16N2O2/c1-3-17-10-18(4-2)12-24(11-17)28-22-7-5-6-21(14-22)27-23-9-8-19(15-25)20(13-23)16-26/h3-14H,1-2H2. The van der Waals surface area contributed by atoms with Gasteiger partial charge in [0.1, 0.15) is 35.1 Å². The largest absolute Gasteiger partial charge is 0.457 e. The van der Waals surface area contributed by atoms with Crippen molar-refractivity contribution < 1.29 is 9.47 Å². The summed E-state index contributed by atoms with van der Waals surface area (Å²) in [4.78, 5) is 0. The molecule has 3 aromatic rings. The van der Waals surface area contributed by atoms with Crippen molar-refractivity contribution in [2.24, 2.45) is 0 Å². The Kier molecular flexibility index (Phi) is 5.55. The third-order valence-corrected chi connectivity index (χ3v) is 3.93. The van der Waals surface area contributed by atoms with Gasteiger partial charge in [0.05, 0.1) is 11.1 Å². The summed E-state index contributed by atoms with van der Waals surface area (Å²) in [6.07, 6.45) is 3.49. The summed E-state index contributed by atoms with van der Waals surface area (Å²) in [5, 5.41) is 18.2. The molecule has 4 heteroatoms. The van der Waals surface area contributed by atoms with E-state index in [0.717, 1.165) is 11.1 Å². The van der Waals surface area contributed by atoms with Crippen LogP contribution in [0, 0.1) is 22.7 Å². The van der Waals surface area contributed by atoms with Gasteiger partial charge in [0, 0.05) is 6.07 Å². The van der Waals surface area contributed by atoms with Crippen LogP contribution in [0.5, 0.6) is 23.0 Å². The van der Waals surface area contributed by atoms with Crippen LogP contribution in [0.4, 0.5) is 0 Å². The first-order valence-electron chi connectivity index (χ1n) is 8.45. The van der Waals surface area contributed by atoms with E-state index in [1.807, 2.05) is 42.5 Å². The van der Waals surface area contributed by atoms with Gasteiger partial charge in [-0.25, -0.2) is 0 Å². The Morgan fingerprint density at radius 3 is 1.79 bits per heavy atom. The molecule has 0 aromatic heterocycles. The maximum absolute atomic E-state index is 9.14. The van der Waals surface area contributed by atoms with Crippen molar-refractivity contribution in [3.8, 4) is 35.1 Å². The second kappa shape index (κ2) is 8.40. The van der Waals surface area contributed by atoms with Crippen molar-refractivity contribution in [3.05, 3.63) is 96.1 Å². The van der Waals surface area contributed by atoms with Crippen LogP contribution in [0.1, 0.15) is 22.3 Å². The third-order valence-electron chi connectivity index (χ3n) is 3.93. The molecule has 3 rings (SSSR count). The SMILES string of the molecule is C=Cc1cc(C=C)cc(Oc2cccc(Oc3ccc(C#N)c(C#N)c3)c2)c1. The van der Waals surface area contributed by atoms with Gasteiger partial charge < -0.3 is 9.47 Å². The molecule has 0 saturated carbocycles. The van der Waals surface area contributed by atoms with Gasteiger partial charge in [0.15, 0.2) is 0 Å². The van der Waals surface area contributed by atoms with E-state index in [4.69, 9.17) is 20.0 Å². The fourth-order valence-corrected chi connectivity index (χ4v) is 2.59. The zero-order valence-electron chi connectivity index (χ0n) is 15.1. The van der Waals surface area contributed by atoms with Crippen molar-refractivity contribution in [2.75, 3.05) is 0 Å². The molecule has 134 valence electrons. The van der Waals surface area contributed by atoms with E-state index in [0.29, 0.717) is 28.6 Å². The monoisotopic (exact) mass is 364 g/mol. The number of nitrogens with zero attached hydrogens (tertiary/aromatic N) is 2. The normalized spacial score (nSPS) is 9.64. The Balaban J connectivity index is 1.84. The van der Waals surface area contributed by atoms with E-state index in [2.05, 4.69) is 13.2 Å². The summed E-state index contributed by atoms with van der Waals surface area (Å²) in [6, 6.07) is 21.6. The quantitative estimate of drug-likeness (QED) is 0.515. The molecule has 3 aromatic carbocycles. The van der Waals surface area contributed by atoms with Crippen molar-refractivity contribution >= 4 is 12.2 Å². The van der Waals surface area contributed by atoms with Crippen LogP contribution in [0.15, 0.2) is 73.8 Å². The molecule has 0 aliphatic rings. The van der Waals surface area contributed by atoms with Crippen LogP contribution in [-0.2, 0) is 0 Å². The van der Waals surface area contributed by atoms with Gasteiger partial charge in [0.2, 0.25) is 0 Å². The van der Waals surface area contributed by atoms with Crippen molar-refractivity contribution in [1.29, 1.82) is 10.5 Å². The minimum Gasteiger partial charge on any atom is -0.457 e. The lowest BCUT2D eigenvalue weighted by molar-refractivity contribution is 0.460. The number of ether oxygens (including phenoxy) is 2. The molecule has 0 spiro atoms. The minimum atomic E-state index is 0.269. The summed E-state index contributed by atoms with van der Waals surface area (Å²) in [7, 11) is 0. The highest BCUT2D eigenvalue weighted by Crippen LogP contribution is 2.30. The molecule has 0 saturated heterocycles. The fourth-order valence-electron chi connectivity index (χ4n) is 2.59. The number of hydrogen-bond acceptors (Lipinski definition) is 4. The van der Waals surface area contributed by atoms with Crippen LogP contribution in [-0.4, -0.2) is 0 Å². The van der Waals surface area contributed by atoms with Gasteiger partial charge in [-0.05, 0) is 59.7 Å². The molecular weight excluding hydrogens is 348 g/mol. The molecule has 0 amide bonds. The first-order chi connectivity index (χ1) is 13.6. The molecule has 4 nitrogen and oxygen atoms in total. The molecule has 0 heterocycles. The van der Waals surface area contributed by atoms with E-state index in [1.54, 1.807) is 36.4 Å². The number of rotatable bonds is 6. The second-order valence-corrected chi connectivity index (χ2v) is 5.85. The summed E-state index contributed by atoms with van der Waals surface area (Å²) >= 11 is 0. The molecule has 0 aliphatic heterocycles. The van der Waals surface area contributed by atoms with Crippen LogP contribution in [0.25, 0.3) is 12.2 Å². The van der Waals surface area contributed by atoms with E-state index < -0.39 is 0 Å². The minimum absolute atomic E-state index is 0.269. The van der Waals surface area contributed by atoms with Gasteiger partial charge in [0.25, 0.3) is 0 Å². The fraction of sp³-hybridized carbons (Fsp3) is 0. The van der Waals surface area contributed by atoms with Gasteiger partial charge in [-0.15, -0.1) is 0 Å². The van der Waals surface area contributed by atoms with Crippen LogP contribution in [0.3, 0.4) is 0 Å². The molecule has 0 unspecified atom stereocenters. The van der Waals surface area contributed by atoms with Crippen molar-refractivity contribution in [1.82, 2.24) is 0 Å². The molecule has 28 heavy (non-hydrogen) atoms. The first-order valence-corrected chi connectivity index (χ1v) is 8.45. The smallest absolute Gasteiger partial charge is 0.131 e. The highest BCUT2D eigenvalue weighted by Gasteiger charge is 2.06. The topological polar surface area (TPSA) is 66.0 Å². The van der Waals surface area contributed by atoms with E-state index in [9.17, 15) is 0 Å². The summed E-state index contributed by atoms with van der Waals surface area (Å²) in [5.74, 6) is 2.28. The Hall–Kier alpha value is -4.28. The lowest BCUT2D eigenvalue weighted by Crippen LogP contribution is -1.90. The summed E-state index contributed by atoms with van der Waals surface area (Å²) in [6.45, 7) is 7.58. The zero-order chi connectivity index (χ0) is 19.9. The van der Waals surface area contributed by atoms with E-state index >= 15 is 0 Å². The Bertz CT molecular complexity index is 1110. The Morgan fingerprint density at radius 1 is 0.643 bits per heavy atom. The van der Waals surface area contributed by atoms with Gasteiger partial charge in [-0.3, -0.25) is 0 Å². The van der Waals surface area contributed by atoms with Gasteiger partial charge in [-0.2, -0.15) is 10.5 Å². The Morgan fingerprint density at radius 2 is 1.21 bits per heavy atom. The molecule has 0 radical (unpaired) electrons. The molecule has 0 fully saturated rings. The third kappa shape index (κ3) is 4.27. The zero-order valence-corrected chi connectivity index (χ0v) is 15.1. The van der Waals surface area contributed by atoms with E-state index in [1.165, 1.54) is 6.07 Å². The predicted octanol–water partition coefficient (Wildman–Crippen LogP) is 6.30. The van der Waals surface area contributed by atoms with Crippen molar-refractivity contribution in [2.45, 2.75) is 0 Å². The first kappa shape index (κ1) is 18.5. The maximum atomic E-state index is 9.14. The van der Waals surface area contributed by atoms with Crippen LogP contribution in [0.2, 0.25) is 0 Å². The van der Waals surface area contributed by atoms with Gasteiger partial charge >= 0.3 is 0 Å². The number of hydrogen-bond donors (Lipinski definition) is 0.